The highest BCUT2D eigenvalue weighted by Gasteiger charge is 2.30. The molecule has 110 valence electrons. The van der Waals surface area contributed by atoms with E-state index < -0.39 is 32.4 Å². The van der Waals surface area contributed by atoms with E-state index in [9.17, 15) is 22.0 Å². The fourth-order valence-electron chi connectivity index (χ4n) is 2.04. The van der Waals surface area contributed by atoms with Crippen LogP contribution in [-0.2, 0) is 14.6 Å². The Morgan fingerprint density at radius 2 is 2.05 bits per heavy atom. The van der Waals surface area contributed by atoms with Crippen molar-refractivity contribution in [3.8, 4) is 0 Å². The zero-order chi connectivity index (χ0) is 14.8. The fourth-order valence-corrected chi connectivity index (χ4v) is 2.93. The van der Waals surface area contributed by atoms with Crippen LogP contribution in [0.15, 0.2) is 29.2 Å². The number of anilines is 1. The first-order chi connectivity index (χ1) is 9.43. The number of rotatable bonds is 4. The van der Waals surface area contributed by atoms with Gasteiger partial charge in [-0.15, -0.1) is 0 Å². The van der Waals surface area contributed by atoms with Gasteiger partial charge in [0.25, 0.3) is 0 Å². The maximum atomic E-state index is 12.6. The quantitative estimate of drug-likeness (QED) is 0.881. The summed E-state index contributed by atoms with van der Waals surface area (Å²) >= 11 is 0. The highest BCUT2D eigenvalue weighted by atomic mass is 32.2. The number of amides is 1. The summed E-state index contributed by atoms with van der Waals surface area (Å²) in [6.45, 7) is 0.703. The highest BCUT2D eigenvalue weighted by Crippen LogP contribution is 2.26. The van der Waals surface area contributed by atoms with Crippen LogP contribution in [0.1, 0.15) is 12.8 Å². The zero-order valence-corrected chi connectivity index (χ0v) is 11.3. The third kappa shape index (κ3) is 2.96. The summed E-state index contributed by atoms with van der Waals surface area (Å²) in [7, 11) is -4.75. The van der Waals surface area contributed by atoms with Gasteiger partial charge in [-0.25, -0.2) is 8.42 Å². The molecule has 2 N–H and O–H groups in total. The fraction of sp³-hybridized carbons (Fsp3) is 0.417. The molecule has 1 fully saturated rings. The molecule has 1 aliphatic rings. The van der Waals surface area contributed by atoms with Crippen LogP contribution < -0.4 is 10.6 Å². The first-order valence-electron chi connectivity index (χ1n) is 6.08. The third-order valence-corrected chi connectivity index (χ3v) is 4.50. The summed E-state index contributed by atoms with van der Waals surface area (Å²) in [5.41, 5.74) is -0.119. The molecule has 2 rings (SSSR count). The lowest BCUT2D eigenvalue weighted by Gasteiger charge is -2.14. The predicted molar refractivity (Wildman–Crippen MR) is 69.3 cm³/mol. The molecule has 0 unspecified atom stereocenters. The number of alkyl halides is 2. The van der Waals surface area contributed by atoms with Gasteiger partial charge in [0.05, 0.1) is 16.6 Å². The molecule has 1 saturated heterocycles. The molecule has 1 aromatic rings. The SMILES string of the molecule is O=C(Nc1ccccc1S(=O)(=O)C(F)F)[C@H]1CCCN1. The number of nitrogens with one attached hydrogen (secondary N) is 2. The number of sulfone groups is 1. The van der Waals surface area contributed by atoms with Gasteiger partial charge in [-0.2, -0.15) is 8.78 Å². The van der Waals surface area contributed by atoms with Gasteiger partial charge in [-0.1, -0.05) is 12.1 Å². The van der Waals surface area contributed by atoms with Crippen molar-refractivity contribution in [3.63, 3.8) is 0 Å². The van der Waals surface area contributed by atoms with Crippen LogP contribution >= 0.6 is 0 Å². The van der Waals surface area contributed by atoms with Gasteiger partial charge in [-0.3, -0.25) is 4.79 Å². The molecule has 0 aliphatic carbocycles. The van der Waals surface area contributed by atoms with Gasteiger partial charge in [0.2, 0.25) is 15.7 Å². The van der Waals surface area contributed by atoms with Crippen molar-refractivity contribution in [1.29, 1.82) is 0 Å². The normalized spacial score (nSPS) is 19.2. The molecule has 8 heteroatoms. The van der Waals surface area contributed by atoms with Crippen molar-refractivity contribution in [2.24, 2.45) is 0 Å². The molecule has 0 radical (unpaired) electrons. The van der Waals surface area contributed by atoms with E-state index in [1.54, 1.807) is 0 Å². The molecule has 0 saturated carbocycles. The standard InChI is InChI=1S/C12H14F2N2O3S/c13-12(14)20(18,19)10-6-2-1-4-8(10)16-11(17)9-5-3-7-15-9/h1-2,4,6,9,12,15H,3,5,7H2,(H,16,17)/t9-/m1/s1. The van der Waals surface area contributed by atoms with E-state index in [0.29, 0.717) is 13.0 Å². The van der Waals surface area contributed by atoms with E-state index in [1.807, 2.05) is 0 Å². The molecule has 5 nitrogen and oxygen atoms in total. The minimum Gasteiger partial charge on any atom is -0.324 e. The number of hydrogen-bond donors (Lipinski definition) is 2. The monoisotopic (exact) mass is 304 g/mol. The maximum absolute atomic E-state index is 12.6. The minimum absolute atomic E-state index is 0.119. The Morgan fingerprint density at radius 3 is 2.65 bits per heavy atom. The number of carbonyl (C=O) groups excluding carboxylic acids is 1. The Labute approximate surface area is 115 Å². The van der Waals surface area contributed by atoms with E-state index in [-0.39, 0.29) is 5.69 Å². The molecular formula is C12H14F2N2O3S. The smallest absolute Gasteiger partial charge is 0.324 e. The Hall–Kier alpha value is -1.54. The molecule has 1 aliphatic heterocycles. The lowest BCUT2D eigenvalue weighted by atomic mass is 10.2. The van der Waals surface area contributed by atoms with Crippen molar-refractivity contribution in [2.75, 3.05) is 11.9 Å². The maximum Gasteiger partial charge on any atom is 0.341 e. The predicted octanol–water partition coefficient (Wildman–Crippen LogP) is 1.37. The van der Waals surface area contributed by atoms with Crippen molar-refractivity contribution >= 4 is 21.4 Å². The Balaban J connectivity index is 2.26. The van der Waals surface area contributed by atoms with Gasteiger partial charge < -0.3 is 10.6 Å². The third-order valence-electron chi connectivity index (χ3n) is 3.06. The second-order valence-corrected chi connectivity index (χ2v) is 6.33. The van der Waals surface area contributed by atoms with Crippen LogP contribution in [0.2, 0.25) is 0 Å². The van der Waals surface area contributed by atoms with Gasteiger partial charge in [-0.05, 0) is 31.5 Å². The number of halogens is 2. The summed E-state index contributed by atoms with van der Waals surface area (Å²) < 4.78 is 48.3. The Morgan fingerprint density at radius 1 is 1.35 bits per heavy atom. The van der Waals surface area contributed by atoms with Gasteiger partial charge in [0.15, 0.2) is 0 Å². The van der Waals surface area contributed by atoms with E-state index in [4.69, 9.17) is 0 Å². The van der Waals surface area contributed by atoms with Crippen LogP contribution in [0.25, 0.3) is 0 Å². The van der Waals surface area contributed by atoms with Crippen LogP contribution in [-0.4, -0.2) is 32.7 Å². The molecule has 0 spiro atoms. The first kappa shape index (κ1) is 14.9. The molecule has 1 amide bonds. The second-order valence-electron chi connectivity index (χ2n) is 4.44. The van der Waals surface area contributed by atoms with Crippen molar-refractivity contribution < 1.29 is 22.0 Å². The number of carbonyl (C=O) groups is 1. The number of hydrogen-bond acceptors (Lipinski definition) is 4. The number of para-hydroxylation sites is 1. The molecule has 0 aromatic heterocycles. The Bertz CT molecular complexity index is 598. The van der Waals surface area contributed by atoms with Crippen molar-refractivity contribution in [2.45, 2.75) is 29.5 Å². The van der Waals surface area contributed by atoms with Crippen molar-refractivity contribution in [1.82, 2.24) is 5.32 Å². The van der Waals surface area contributed by atoms with Gasteiger partial charge in [0.1, 0.15) is 0 Å². The van der Waals surface area contributed by atoms with Crippen LogP contribution in [0.5, 0.6) is 0 Å². The number of benzene rings is 1. The zero-order valence-electron chi connectivity index (χ0n) is 10.5. The van der Waals surface area contributed by atoms with E-state index in [1.165, 1.54) is 18.2 Å². The lowest BCUT2D eigenvalue weighted by Crippen LogP contribution is -2.35. The molecular weight excluding hydrogens is 290 g/mol. The van der Waals surface area contributed by atoms with E-state index in [2.05, 4.69) is 10.6 Å². The summed E-state index contributed by atoms with van der Waals surface area (Å²) in [4.78, 5) is 11.3. The second kappa shape index (κ2) is 5.84. The summed E-state index contributed by atoms with van der Waals surface area (Å²) in [6.07, 6.45) is 1.48. The highest BCUT2D eigenvalue weighted by molar-refractivity contribution is 7.91. The first-order valence-corrected chi connectivity index (χ1v) is 7.63. The van der Waals surface area contributed by atoms with E-state index >= 15 is 0 Å². The summed E-state index contributed by atoms with van der Waals surface area (Å²) in [6, 6.07) is 4.74. The molecule has 1 heterocycles. The Kier molecular flexibility index (Phi) is 4.34. The average Bonchev–Trinajstić information content (AvgIpc) is 2.93. The molecule has 1 atom stereocenters. The van der Waals surface area contributed by atoms with Crippen LogP contribution in [0.4, 0.5) is 14.5 Å². The molecule has 0 bridgehead atoms. The van der Waals surface area contributed by atoms with Crippen LogP contribution in [0.3, 0.4) is 0 Å². The minimum atomic E-state index is -4.75. The van der Waals surface area contributed by atoms with E-state index in [0.717, 1.165) is 12.5 Å². The van der Waals surface area contributed by atoms with Crippen molar-refractivity contribution in [3.05, 3.63) is 24.3 Å². The van der Waals surface area contributed by atoms with Gasteiger partial charge in [0, 0.05) is 0 Å². The van der Waals surface area contributed by atoms with Gasteiger partial charge >= 0.3 is 5.76 Å². The lowest BCUT2D eigenvalue weighted by molar-refractivity contribution is -0.117. The average molecular weight is 304 g/mol. The van der Waals surface area contributed by atoms with Crippen LogP contribution in [0, 0.1) is 0 Å². The molecule has 1 aromatic carbocycles. The molecule has 20 heavy (non-hydrogen) atoms. The topological polar surface area (TPSA) is 75.3 Å². The summed E-state index contributed by atoms with van der Waals surface area (Å²) in [5, 5.41) is 5.35. The summed E-state index contributed by atoms with van der Waals surface area (Å²) in [5.74, 6) is -3.94. The largest absolute Gasteiger partial charge is 0.341 e.